The van der Waals surface area contributed by atoms with Crippen molar-refractivity contribution in [3.8, 4) is 0 Å². The zero-order chi connectivity index (χ0) is 14.3. The molecule has 20 heavy (non-hydrogen) atoms. The Hall–Kier alpha value is -0.890. The van der Waals surface area contributed by atoms with Crippen molar-refractivity contribution in [1.82, 2.24) is 0 Å². The zero-order valence-corrected chi connectivity index (χ0v) is 13.5. The minimum Gasteiger partial charge on any atom is -0.501 e. The summed E-state index contributed by atoms with van der Waals surface area (Å²) >= 11 is 2.18. The van der Waals surface area contributed by atoms with Crippen molar-refractivity contribution in [3.63, 3.8) is 0 Å². The first kappa shape index (κ1) is 15.5. The van der Waals surface area contributed by atoms with Gasteiger partial charge in [-0.1, -0.05) is 37.3 Å². The van der Waals surface area contributed by atoms with Gasteiger partial charge in [-0.3, -0.25) is 0 Å². The van der Waals surface area contributed by atoms with Crippen molar-refractivity contribution in [2.45, 2.75) is 50.7 Å². The Kier molecular flexibility index (Phi) is 6.03. The average Bonchev–Trinajstić information content (AvgIpc) is 2.97. The van der Waals surface area contributed by atoms with Gasteiger partial charge in [0.15, 0.2) is 0 Å². The molecule has 1 saturated heterocycles. The maximum atomic E-state index is 5.73. The predicted octanol–water partition coefficient (Wildman–Crippen LogP) is 5.52. The van der Waals surface area contributed by atoms with Crippen LogP contribution < -0.4 is 0 Å². The van der Waals surface area contributed by atoms with Crippen molar-refractivity contribution in [2.24, 2.45) is 0 Å². The van der Waals surface area contributed by atoms with Crippen LogP contribution in [-0.2, 0) is 4.74 Å². The van der Waals surface area contributed by atoms with E-state index in [4.69, 9.17) is 4.74 Å². The molecule has 0 amide bonds. The lowest BCUT2D eigenvalue weighted by atomic mass is 9.95. The molecule has 1 heterocycles. The highest BCUT2D eigenvalue weighted by Gasteiger charge is 2.31. The van der Waals surface area contributed by atoms with Gasteiger partial charge in [0.05, 0.1) is 12.9 Å². The smallest absolute Gasteiger partial charge is 0.0874 e. The molecule has 2 heteroatoms. The quantitative estimate of drug-likeness (QED) is 0.483. The number of hydrogen-bond acceptors (Lipinski definition) is 2. The summed E-state index contributed by atoms with van der Waals surface area (Å²) in [5.74, 6) is 1.35. The largest absolute Gasteiger partial charge is 0.501 e. The summed E-state index contributed by atoms with van der Waals surface area (Å²) in [4.78, 5) is 0. The summed E-state index contributed by atoms with van der Waals surface area (Å²) in [6.45, 7) is 5.28. The van der Waals surface area contributed by atoms with Crippen molar-refractivity contribution in [3.05, 3.63) is 42.2 Å². The van der Waals surface area contributed by atoms with Crippen LogP contribution in [0.4, 0.5) is 0 Å². The maximum absolute atomic E-state index is 5.73. The molecule has 1 fully saturated rings. The first-order valence-corrected chi connectivity index (χ1v) is 8.72. The molecule has 0 bridgehead atoms. The zero-order valence-electron chi connectivity index (χ0n) is 12.7. The topological polar surface area (TPSA) is 9.23 Å². The monoisotopic (exact) mass is 290 g/mol. The van der Waals surface area contributed by atoms with Gasteiger partial charge in [-0.25, -0.2) is 0 Å². The second kappa shape index (κ2) is 7.78. The Morgan fingerprint density at radius 2 is 2.15 bits per heavy atom. The first-order chi connectivity index (χ1) is 9.76. The molecule has 1 aliphatic heterocycles. The third kappa shape index (κ3) is 4.31. The molecule has 110 valence electrons. The van der Waals surface area contributed by atoms with Crippen LogP contribution in [0.2, 0.25) is 0 Å². The van der Waals surface area contributed by atoms with Crippen molar-refractivity contribution in [1.29, 1.82) is 0 Å². The van der Waals surface area contributed by atoms with Crippen molar-refractivity contribution < 1.29 is 4.74 Å². The standard InChI is InChI=1S/C18H26OS/c1-3-18(12-8-14-20-18)11-7-13-19-15-16(2)17-9-5-4-6-10-17/h4-6,9-10,15H,3,7-8,11-14H2,1-2H3/b16-15-. The molecular formula is C18H26OS. The van der Waals surface area contributed by atoms with E-state index >= 15 is 0 Å². The molecule has 1 atom stereocenters. The molecule has 1 aromatic carbocycles. The molecule has 0 spiro atoms. The summed E-state index contributed by atoms with van der Waals surface area (Å²) in [6, 6.07) is 10.4. The fourth-order valence-electron chi connectivity index (χ4n) is 2.84. The number of rotatable bonds is 7. The molecule has 0 N–H and O–H groups in total. The molecule has 2 rings (SSSR count). The summed E-state index contributed by atoms with van der Waals surface area (Å²) in [5, 5.41) is 0. The predicted molar refractivity (Wildman–Crippen MR) is 90.0 cm³/mol. The van der Waals surface area contributed by atoms with Gasteiger partial charge in [0.25, 0.3) is 0 Å². The van der Waals surface area contributed by atoms with E-state index in [1.54, 1.807) is 0 Å². The summed E-state index contributed by atoms with van der Waals surface area (Å²) in [5.41, 5.74) is 2.44. The Bertz CT molecular complexity index is 418. The lowest BCUT2D eigenvalue weighted by molar-refractivity contribution is 0.236. The van der Waals surface area contributed by atoms with Gasteiger partial charge in [-0.05, 0) is 55.9 Å². The van der Waals surface area contributed by atoms with Crippen LogP contribution in [0, 0.1) is 0 Å². The highest BCUT2D eigenvalue weighted by atomic mass is 32.2. The lowest BCUT2D eigenvalue weighted by Gasteiger charge is -2.26. The molecule has 0 aliphatic carbocycles. The molecule has 0 saturated carbocycles. The van der Waals surface area contributed by atoms with Crippen LogP contribution >= 0.6 is 11.8 Å². The molecule has 0 aromatic heterocycles. The second-order valence-corrected chi connectivity index (χ2v) is 7.19. The minimum absolute atomic E-state index is 0.557. The van der Waals surface area contributed by atoms with Gasteiger partial charge >= 0.3 is 0 Å². The van der Waals surface area contributed by atoms with E-state index < -0.39 is 0 Å². The summed E-state index contributed by atoms with van der Waals surface area (Å²) < 4.78 is 6.28. The van der Waals surface area contributed by atoms with Crippen LogP contribution in [0.1, 0.15) is 51.5 Å². The van der Waals surface area contributed by atoms with Gasteiger partial charge in [-0.2, -0.15) is 11.8 Å². The molecule has 1 nitrogen and oxygen atoms in total. The number of ether oxygens (including phenoxy) is 1. The Morgan fingerprint density at radius 1 is 1.35 bits per heavy atom. The van der Waals surface area contributed by atoms with Crippen molar-refractivity contribution >= 4 is 17.3 Å². The van der Waals surface area contributed by atoms with E-state index in [1.807, 2.05) is 12.3 Å². The van der Waals surface area contributed by atoms with Crippen LogP contribution in [0.5, 0.6) is 0 Å². The highest BCUT2D eigenvalue weighted by molar-refractivity contribution is 8.00. The van der Waals surface area contributed by atoms with E-state index in [0.29, 0.717) is 4.75 Å². The van der Waals surface area contributed by atoms with Gasteiger partial charge in [0.1, 0.15) is 0 Å². The van der Waals surface area contributed by atoms with Crippen LogP contribution in [0.3, 0.4) is 0 Å². The van der Waals surface area contributed by atoms with Crippen LogP contribution in [0.15, 0.2) is 36.6 Å². The number of hydrogen-bond donors (Lipinski definition) is 0. The number of allylic oxidation sites excluding steroid dienone is 1. The molecule has 1 aliphatic rings. The second-order valence-electron chi connectivity index (χ2n) is 5.63. The Morgan fingerprint density at radius 3 is 2.80 bits per heavy atom. The van der Waals surface area contributed by atoms with E-state index in [2.05, 4.69) is 49.9 Å². The Labute approximate surface area is 127 Å². The molecular weight excluding hydrogens is 264 g/mol. The van der Waals surface area contributed by atoms with Crippen LogP contribution in [0.25, 0.3) is 5.57 Å². The van der Waals surface area contributed by atoms with E-state index in [9.17, 15) is 0 Å². The third-order valence-electron chi connectivity index (χ3n) is 4.21. The maximum Gasteiger partial charge on any atom is 0.0874 e. The summed E-state index contributed by atoms with van der Waals surface area (Å²) in [7, 11) is 0. The average molecular weight is 290 g/mol. The van der Waals surface area contributed by atoms with Gasteiger partial charge in [0, 0.05) is 4.75 Å². The van der Waals surface area contributed by atoms with E-state index in [0.717, 1.165) is 6.61 Å². The normalized spacial score (nSPS) is 23.0. The minimum atomic E-state index is 0.557. The number of thioether (sulfide) groups is 1. The SMILES string of the molecule is CCC1(CCCO/C=C(/C)c2ccccc2)CCCS1. The fourth-order valence-corrected chi connectivity index (χ4v) is 4.34. The first-order valence-electron chi connectivity index (χ1n) is 7.73. The highest BCUT2D eigenvalue weighted by Crippen LogP contribution is 2.44. The van der Waals surface area contributed by atoms with Gasteiger partial charge in [0.2, 0.25) is 0 Å². The summed E-state index contributed by atoms with van der Waals surface area (Å²) in [6.07, 6.45) is 8.47. The molecule has 1 aromatic rings. The fraction of sp³-hybridized carbons (Fsp3) is 0.556. The molecule has 1 unspecified atom stereocenters. The van der Waals surface area contributed by atoms with Crippen molar-refractivity contribution in [2.75, 3.05) is 12.4 Å². The lowest BCUT2D eigenvalue weighted by Crippen LogP contribution is -2.20. The Balaban J connectivity index is 1.71. The van der Waals surface area contributed by atoms with Gasteiger partial charge < -0.3 is 4.74 Å². The van der Waals surface area contributed by atoms with E-state index in [1.165, 1.54) is 49.0 Å². The molecule has 0 radical (unpaired) electrons. The number of benzene rings is 1. The van der Waals surface area contributed by atoms with Gasteiger partial charge in [-0.15, -0.1) is 0 Å². The van der Waals surface area contributed by atoms with E-state index in [-0.39, 0.29) is 0 Å². The third-order valence-corrected chi connectivity index (χ3v) is 6.02. The van der Waals surface area contributed by atoms with Crippen LogP contribution in [-0.4, -0.2) is 17.1 Å².